The molecule has 0 unspecified atom stereocenters. The monoisotopic (exact) mass is 466 g/mol. The van der Waals surface area contributed by atoms with Crippen LogP contribution in [0.3, 0.4) is 0 Å². The second kappa shape index (κ2) is 7.35. The normalized spacial score (nSPS) is 20.1. The number of pyridine rings is 2. The number of benzene rings is 1. The molecule has 6 rings (SSSR count). The molecule has 1 aromatic carbocycles. The molecular weight excluding hydrogens is 443 g/mol. The van der Waals surface area contributed by atoms with Gasteiger partial charge in [0.2, 0.25) is 0 Å². The van der Waals surface area contributed by atoms with Crippen molar-refractivity contribution >= 4 is 16.9 Å². The van der Waals surface area contributed by atoms with E-state index in [4.69, 9.17) is 19.6 Å². The minimum atomic E-state index is -1.89. The van der Waals surface area contributed by atoms with Gasteiger partial charge in [-0.3, -0.25) is 4.79 Å². The van der Waals surface area contributed by atoms with E-state index in [0.717, 1.165) is 34.9 Å². The smallest absolute Gasteiger partial charge is 0.343 e. The lowest BCUT2D eigenvalue weighted by Crippen LogP contribution is -2.44. The number of aryl methyl sites for hydroxylation is 2. The number of nitrogens with zero attached hydrogens (tertiary/aromatic N) is 2. The third kappa shape index (κ3) is 2.68. The van der Waals surface area contributed by atoms with Crippen LogP contribution in [0.4, 0.5) is 4.39 Å². The predicted octanol–water partition coefficient (Wildman–Crippen LogP) is 2.08. The highest BCUT2D eigenvalue weighted by Crippen LogP contribution is 2.44. The highest BCUT2D eigenvalue weighted by Gasteiger charge is 2.45. The van der Waals surface area contributed by atoms with Crippen LogP contribution in [0.1, 0.15) is 47.6 Å². The van der Waals surface area contributed by atoms with Crippen LogP contribution in [0.25, 0.3) is 22.3 Å². The molecule has 0 spiro atoms. The van der Waals surface area contributed by atoms with Crippen molar-refractivity contribution in [1.82, 2.24) is 9.55 Å². The van der Waals surface area contributed by atoms with E-state index in [1.807, 2.05) is 0 Å². The molecule has 0 fully saturated rings. The van der Waals surface area contributed by atoms with Crippen LogP contribution in [0.15, 0.2) is 16.9 Å². The lowest BCUT2D eigenvalue weighted by atomic mass is 9.85. The fourth-order valence-electron chi connectivity index (χ4n) is 5.63. The molecule has 0 saturated heterocycles. The van der Waals surface area contributed by atoms with Crippen molar-refractivity contribution in [1.29, 1.82) is 0 Å². The molecule has 4 heterocycles. The highest BCUT2D eigenvalue weighted by atomic mass is 19.1. The van der Waals surface area contributed by atoms with Crippen LogP contribution in [0.2, 0.25) is 0 Å². The summed E-state index contributed by atoms with van der Waals surface area (Å²) in [7, 11) is 0. The third-order valence-corrected chi connectivity index (χ3v) is 7.29. The van der Waals surface area contributed by atoms with Crippen molar-refractivity contribution in [2.45, 2.75) is 51.4 Å². The van der Waals surface area contributed by atoms with Gasteiger partial charge in [-0.15, -0.1) is 0 Å². The molecule has 8 nitrogen and oxygen atoms in total. The number of aromatic nitrogens is 2. The van der Waals surface area contributed by atoms with Crippen molar-refractivity contribution in [3.05, 3.63) is 56.1 Å². The van der Waals surface area contributed by atoms with Gasteiger partial charge < -0.3 is 24.3 Å². The maximum atomic E-state index is 15.0. The first-order chi connectivity index (χ1) is 16.4. The van der Waals surface area contributed by atoms with E-state index in [1.165, 1.54) is 6.07 Å². The minimum absolute atomic E-state index is 0.00333. The van der Waals surface area contributed by atoms with Crippen molar-refractivity contribution in [3.8, 4) is 17.1 Å². The number of ether oxygens (including phenoxy) is 2. The molecule has 176 valence electrons. The number of halogens is 1. The van der Waals surface area contributed by atoms with Gasteiger partial charge in [-0.25, -0.2) is 14.2 Å². The van der Waals surface area contributed by atoms with Gasteiger partial charge in [0.05, 0.1) is 35.6 Å². The second-order valence-electron chi connectivity index (χ2n) is 9.01. The first kappa shape index (κ1) is 21.2. The van der Waals surface area contributed by atoms with E-state index in [2.05, 4.69) is 0 Å². The number of hydrogen-bond donors (Lipinski definition) is 2. The first-order valence-electron chi connectivity index (χ1n) is 11.5. The number of rotatable bonds is 4. The summed E-state index contributed by atoms with van der Waals surface area (Å²) in [6.45, 7) is 1.56. The Kier molecular flexibility index (Phi) is 4.59. The van der Waals surface area contributed by atoms with Gasteiger partial charge >= 0.3 is 5.97 Å². The number of cyclic esters (lactones) is 1. The predicted molar refractivity (Wildman–Crippen MR) is 119 cm³/mol. The van der Waals surface area contributed by atoms with Crippen molar-refractivity contribution in [2.75, 3.05) is 13.2 Å². The SMILES string of the molecule is CC[C@@]1(O)C(=O)OCc2c1cc1n(c2=O)Cc2c-1nc1cc(F)c(OCCO)c3c1c2CCC3. The number of carbonyl (C=O) groups is 1. The van der Waals surface area contributed by atoms with Crippen molar-refractivity contribution < 1.29 is 28.9 Å². The van der Waals surface area contributed by atoms with Crippen molar-refractivity contribution in [2.24, 2.45) is 0 Å². The molecule has 0 bridgehead atoms. The zero-order chi connectivity index (χ0) is 23.8. The number of aliphatic hydroxyl groups is 2. The van der Waals surface area contributed by atoms with E-state index in [9.17, 15) is 19.1 Å². The van der Waals surface area contributed by atoms with Gasteiger partial charge in [-0.05, 0) is 37.3 Å². The Morgan fingerprint density at radius 1 is 1.21 bits per heavy atom. The Morgan fingerprint density at radius 3 is 2.76 bits per heavy atom. The lowest BCUT2D eigenvalue weighted by molar-refractivity contribution is -0.172. The van der Waals surface area contributed by atoms with Gasteiger partial charge in [0.1, 0.15) is 13.2 Å². The van der Waals surface area contributed by atoms with Crippen LogP contribution in [-0.4, -0.2) is 38.9 Å². The van der Waals surface area contributed by atoms with E-state index in [1.54, 1.807) is 17.6 Å². The van der Waals surface area contributed by atoms with Gasteiger partial charge in [0.15, 0.2) is 17.2 Å². The number of fused-ring (bicyclic) bond motifs is 5. The first-order valence-corrected chi connectivity index (χ1v) is 11.5. The summed E-state index contributed by atoms with van der Waals surface area (Å²) in [6.07, 6.45) is 2.24. The Hall–Kier alpha value is -3.30. The molecule has 9 heteroatoms. The molecule has 34 heavy (non-hydrogen) atoms. The molecule has 3 aromatic rings. The summed E-state index contributed by atoms with van der Waals surface area (Å²) >= 11 is 0. The summed E-state index contributed by atoms with van der Waals surface area (Å²) in [5, 5.41) is 21.0. The van der Waals surface area contributed by atoms with E-state index < -0.39 is 17.4 Å². The fourth-order valence-corrected chi connectivity index (χ4v) is 5.63. The standard InChI is InChI=1S/C25H23FN2O6/c1-2-25(32)16-8-19-21-14(10-28(19)23(30)15(16)11-34-24(25)31)12-4-3-5-13-20(12)18(27-21)9-17(26)22(13)33-7-6-29/h8-9,29,32H,2-7,10-11H2,1H3/t25-/m0/s1. The molecule has 3 aliphatic rings. The van der Waals surface area contributed by atoms with Crippen LogP contribution < -0.4 is 10.3 Å². The number of carbonyl (C=O) groups excluding carboxylic acids is 1. The molecule has 0 saturated carbocycles. The summed E-state index contributed by atoms with van der Waals surface area (Å²) in [6, 6.07) is 3.00. The quantitative estimate of drug-likeness (QED) is 0.443. The third-order valence-electron chi connectivity index (χ3n) is 7.29. The van der Waals surface area contributed by atoms with Crippen LogP contribution in [0.5, 0.6) is 5.75 Å². The molecule has 1 atom stereocenters. The Bertz CT molecular complexity index is 1460. The lowest BCUT2D eigenvalue weighted by Gasteiger charge is -2.31. The second-order valence-corrected chi connectivity index (χ2v) is 9.01. The summed E-state index contributed by atoms with van der Waals surface area (Å²) in [5.41, 5.74) is 2.49. The minimum Gasteiger partial charge on any atom is -0.488 e. The summed E-state index contributed by atoms with van der Waals surface area (Å²) < 4.78 is 27.2. The average molecular weight is 466 g/mol. The Labute approximate surface area is 193 Å². The van der Waals surface area contributed by atoms with Crippen LogP contribution in [-0.2, 0) is 41.1 Å². The Balaban J connectivity index is 1.62. The van der Waals surface area contributed by atoms with Crippen LogP contribution >= 0.6 is 0 Å². The molecule has 0 radical (unpaired) electrons. The van der Waals surface area contributed by atoms with Gasteiger partial charge in [0.25, 0.3) is 5.56 Å². The molecule has 0 amide bonds. The zero-order valence-corrected chi connectivity index (χ0v) is 18.6. The summed E-state index contributed by atoms with van der Waals surface area (Å²) in [4.78, 5) is 30.5. The molecular formula is C25H23FN2O6. The van der Waals surface area contributed by atoms with E-state index >= 15 is 0 Å². The maximum absolute atomic E-state index is 15.0. The fraction of sp³-hybridized carbons (Fsp3) is 0.400. The summed E-state index contributed by atoms with van der Waals surface area (Å²) in [5.74, 6) is -1.16. The average Bonchev–Trinajstić information content (AvgIpc) is 3.21. The number of esters is 1. The maximum Gasteiger partial charge on any atom is 0.343 e. The highest BCUT2D eigenvalue weighted by molar-refractivity contribution is 5.93. The number of aliphatic hydroxyl groups excluding tert-OH is 1. The van der Waals surface area contributed by atoms with Crippen molar-refractivity contribution in [3.63, 3.8) is 0 Å². The molecule has 2 aliphatic heterocycles. The molecule has 2 N–H and O–H groups in total. The zero-order valence-electron chi connectivity index (χ0n) is 18.6. The largest absolute Gasteiger partial charge is 0.488 e. The van der Waals surface area contributed by atoms with Gasteiger partial charge in [-0.2, -0.15) is 0 Å². The molecule has 1 aliphatic carbocycles. The van der Waals surface area contributed by atoms with E-state index in [-0.39, 0.29) is 48.7 Å². The van der Waals surface area contributed by atoms with Crippen LogP contribution in [0, 0.1) is 5.82 Å². The van der Waals surface area contributed by atoms with E-state index in [0.29, 0.717) is 29.9 Å². The Morgan fingerprint density at radius 2 is 2.00 bits per heavy atom. The van der Waals surface area contributed by atoms with Gasteiger partial charge in [0, 0.05) is 28.1 Å². The topological polar surface area (TPSA) is 111 Å². The molecule has 2 aromatic heterocycles. The number of hydrogen-bond acceptors (Lipinski definition) is 7. The van der Waals surface area contributed by atoms with Gasteiger partial charge in [-0.1, -0.05) is 6.92 Å².